The Morgan fingerprint density at radius 1 is 1.21 bits per heavy atom. The van der Waals surface area contributed by atoms with Crippen LogP contribution in [0.1, 0.15) is 51.7 Å². The molecule has 0 spiro atoms. The van der Waals surface area contributed by atoms with Gasteiger partial charge in [0, 0.05) is 0 Å². The van der Waals surface area contributed by atoms with Crippen molar-refractivity contribution in [3.8, 4) is 0 Å². The Labute approximate surface area is 131 Å². The minimum Gasteiger partial charge on any atom is -0.180 e. The van der Waals surface area contributed by atoms with Crippen molar-refractivity contribution in [3.63, 3.8) is 0 Å². The van der Waals surface area contributed by atoms with Crippen LogP contribution >= 0.6 is 0 Å². The molecule has 0 nitrogen and oxygen atoms in total. The van der Waals surface area contributed by atoms with Crippen LogP contribution < -0.4 is 51.4 Å². The monoisotopic (exact) mass is 214 g/mol. The fraction of sp³-hybridized carbons (Fsp3) is 0.538. The Morgan fingerprint density at radius 2 is 1.79 bits per heavy atom. The van der Waals surface area contributed by atoms with Gasteiger partial charge >= 0.3 is 51.4 Å². The summed E-state index contributed by atoms with van der Waals surface area (Å²) in [7, 11) is 0. The van der Waals surface area contributed by atoms with Gasteiger partial charge in [-0.15, -0.1) is 0 Å². The summed E-state index contributed by atoms with van der Waals surface area (Å²) in [5, 5.41) is 0. The molecule has 0 fully saturated rings. The molecule has 0 saturated carbocycles. The summed E-state index contributed by atoms with van der Waals surface area (Å²) in [5.74, 6) is 0.572. The van der Waals surface area contributed by atoms with Gasteiger partial charge in [-0.3, -0.25) is 0 Å². The fourth-order valence-corrected chi connectivity index (χ4v) is 1.28. The van der Waals surface area contributed by atoms with Gasteiger partial charge in [0.1, 0.15) is 0 Å². The van der Waals surface area contributed by atoms with E-state index in [9.17, 15) is 0 Å². The average molecular weight is 214 g/mol. The molecule has 0 aromatic heterocycles. The van der Waals surface area contributed by atoms with Crippen LogP contribution in [0, 0.1) is 6.07 Å². The first-order chi connectivity index (χ1) is 5.91. The first-order valence-corrected chi connectivity index (χ1v) is 4.93. The number of rotatable bonds is 1. The molecular formula is C13H19K. The van der Waals surface area contributed by atoms with Gasteiger partial charge in [0.2, 0.25) is 0 Å². The third kappa shape index (κ3) is 4.15. The van der Waals surface area contributed by atoms with Crippen molar-refractivity contribution >= 4 is 0 Å². The van der Waals surface area contributed by atoms with Crippen LogP contribution in [-0.4, -0.2) is 0 Å². The Kier molecular flexibility index (Phi) is 6.16. The van der Waals surface area contributed by atoms with Crippen LogP contribution in [0.3, 0.4) is 0 Å². The van der Waals surface area contributed by atoms with Gasteiger partial charge in [0.05, 0.1) is 0 Å². The summed E-state index contributed by atoms with van der Waals surface area (Å²) >= 11 is 0. The molecule has 72 valence electrons. The molecule has 1 rings (SSSR count). The van der Waals surface area contributed by atoms with Gasteiger partial charge in [-0.05, 0) is 11.3 Å². The summed E-state index contributed by atoms with van der Waals surface area (Å²) in [5.41, 5.74) is 2.96. The van der Waals surface area contributed by atoms with Crippen molar-refractivity contribution in [2.45, 2.75) is 46.0 Å². The van der Waals surface area contributed by atoms with E-state index in [1.165, 1.54) is 11.1 Å². The van der Waals surface area contributed by atoms with Crippen molar-refractivity contribution in [1.29, 1.82) is 0 Å². The third-order valence-electron chi connectivity index (χ3n) is 2.31. The molecule has 0 unspecified atom stereocenters. The second-order valence-electron chi connectivity index (χ2n) is 4.94. The molecular weight excluding hydrogens is 195 g/mol. The van der Waals surface area contributed by atoms with Crippen molar-refractivity contribution < 1.29 is 51.4 Å². The molecule has 1 aromatic carbocycles. The van der Waals surface area contributed by atoms with Gasteiger partial charge in [0.15, 0.2) is 0 Å². The molecule has 0 atom stereocenters. The number of benzene rings is 1. The van der Waals surface area contributed by atoms with Crippen LogP contribution in [-0.2, 0) is 5.41 Å². The van der Waals surface area contributed by atoms with Gasteiger partial charge in [-0.1, -0.05) is 34.6 Å². The summed E-state index contributed by atoms with van der Waals surface area (Å²) in [6, 6.07) is 9.75. The first-order valence-electron chi connectivity index (χ1n) is 4.93. The second kappa shape index (κ2) is 5.81. The zero-order valence-electron chi connectivity index (χ0n) is 10.3. The molecule has 0 aliphatic rings. The maximum absolute atomic E-state index is 3.28. The van der Waals surface area contributed by atoms with Gasteiger partial charge in [0.25, 0.3) is 0 Å². The summed E-state index contributed by atoms with van der Waals surface area (Å²) in [6.45, 7) is 11.1. The smallest absolute Gasteiger partial charge is 0.180 e. The zero-order chi connectivity index (χ0) is 10.1. The average Bonchev–Trinajstić information content (AvgIpc) is 2.03. The SMILES string of the molecule is CC(C)c1[c-]ccc(C(C)(C)C)c1.[K+]. The summed E-state index contributed by atoms with van der Waals surface area (Å²) in [6.07, 6.45) is 0. The van der Waals surface area contributed by atoms with Crippen molar-refractivity contribution in [3.05, 3.63) is 35.4 Å². The van der Waals surface area contributed by atoms with Crippen molar-refractivity contribution in [2.24, 2.45) is 0 Å². The van der Waals surface area contributed by atoms with Gasteiger partial charge in [-0.2, -0.15) is 35.4 Å². The van der Waals surface area contributed by atoms with E-state index in [-0.39, 0.29) is 56.8 Å². The molecule has 1 heteroatoms. The van der Waals surface area contributed by atoms with E-state index in [4.69, 9.17) is 0 Å². The van der Waals surface area contributed by atoms with E-state index >= 15 is 0 Å². The van der Waals surface area contributed by atoms with E-state index in [0.717, 1.165) is 0 Å². The first kappa shape index (κ1) is 14.9. The maximum atomic E-state index is 3.28. The summed E-state index contributed by atoms with van der Waals surface area (Å²) < 4.78 is 0. The predicted molar refractivity (Wildman–Crippen MR) is 58.1 cm³/mol. The molecule has 0 radical (unpaired) electrons. The predicted octanol–water partition coefficient (Wildman–Crippen LogP) is 0.912. The van der Waals surface area contributed by atoms with Crippen LogP contribution in [0.25, 0.3) is 0 Å². The van der Waals surface area contributed by atoms with Crippen LogP contribution in [0.15, 0.2) is 18.2 Å². The summed E-state index contributed by atoms with van der Waals surface area (Å²) in [4.78, 5) is 0. The van der Waals surface area contributed by atoms with Crippen LogP contribution in [0.4, 0.5) is 0 Å². The molecule has 14 heavy (non-hydrogen) atoms. The normalized spacial score (nSPS) is 11.3. The van der Waals surface area contributed by atoms with E-state index in [1.54, 1.807) is 0 Å². The Balaban J connectivity index is 0.00000169. The van der Waals surface area contributed by atoms with Crippen molar-refractivity contribution in [1.82, 2.24) is 0 Å². The zero-order valence-corrected chi connectivity index (χ0v) is 13.4. The molecule has 0 bridgehead atoms. The molecule has 0 aliphatic carbocycles. The molecule has 0 saturated heterocycles. The van der Waals surface area contributed by atoms with Gasteiger partial charge in [-0.25, -0.2) is 0 Å². The van der Waals surface area contributed by atoms with E-state index in [2.05, 4.69) is 52.8 Å². The standard InChI is InChI=1S/C13H19.K/c1-10(2)11-7-6-8-12(9-11)13(3,4)5;/h6,8-10H,1-5H3;/q-1;+1. The Morgan fingerprint density at radius 3 is 2.21 bits per heavy atom. The molecule has 0 amide bonds. The second-order valence-corrected chi connectivity index (χ2v) is 4.94. The van der Waals surface area contributed by atoms with Crippen molar-refractivity contribution in [2.75, 3.05) is 0 Å². The quantitative estimate of drug-likeness (QED) is 0.481. The van der Waals surface area contributed by atoms with E-state index in [1.807, 2.05) is 6.07 Å². The molecule has 0 aliphatic heterocycles. The molecule has 0 heterocycles. The third-order valence-corrected chi connectivity index (χ3v) is 2.31. The minimum atomic E-state index is 0. The fourth-order valence-electron chi connectivity index (χ4n) is 1.28. The van der Waals surface area contributed by atoms with Crippen LogP contribution in [0.2, 0.25) is 0 Å². The maximum Gasteiger partial charge on any atom is 1.00 e. The molecule has 1 aromatic rings. The Hall–Kier alpha value is 0.856. The topological polar surface area (TPSA) is 0 Å². The Bertz CT molecular complexity index is 282. The largest absolute Gasteiger partial charge is 1.00 e. The number of hydrogen-bond donors (Lipinski definition) is 0. The minimum absolute atomic E-state index is 0. The number of hydrogen-bond acceptors (Lipinski definition) is 0. The van der Waals surface area contributed by atoms with E-state index in [0.29, 0.717) is 5.92 Å². The van der Waals surface area contributed by atoms with E-state index < -0.39 is 0 Å². The van der Waals surface area contributed by atoms with Gasteiger partial charge < -0.3 is 0 Å². The van der Waals surface area contributed by atoms with Crippen LogP contribution in [0.5, 0.6) is 0 Å². The molecule has 0 N–H and O–H groups in total.